The Morgan fingerprint density at radius 2 is 0.857 bits per heavy atom. The summed E-state index contributed by atoms with van der Waals surface area (Å²) in [6, 6.07) is 0. The maximum absolute atomic E-state index is 10.5. The van der Waals surface area contributed by atoms with E-state index >= 15 is 0 Å². The molecule has 0 rings (SSSR count). The molecule has 1 N–H and O–H groups in total. The summed E-state index contributed by atoms with van der Waals surface area (Å²) in [5.74, 6) is 0. The van der Waals surface area contributed by atoms with E-state index in [4.69, 9.17) is 4.89 Å². The van der Waals surface area contributed by atoms with Gasteiger partial charge in [0.1, 0.15) is 0 Å². The molecule has 0 saturated heterocycles. The Morgan fingerprint density at radius 1 is 0.571 bits per heavy atom. The third-order valence-corrected chi connectivity index (χ3v) is 5.03. The summed E-state index contributed by atoms with van der Waals surface area (Å²) in [6.45, 7) is 2.28. The summed E-state index contributed by atoms with van der Waals surface area (Å²) in [7, 11) is -2.20. The maximum Gasteiger partial charge on any atom is 0.189 e. The molecular formula is C18H39O2P. The average molecular weight is 318 g/mol. The standard InChI is InChI=1S/C18H39O2P/c1-2-3-4-5-6-7-8-9-10-11-12-13-14-15-16-17-18-21(19)20/h21H,2-18H2,1H3,(H,19,20). The highest BCUT2D eigenvalue weighted by Crippen LogP contribution is 2.17. The van der Waals surface area contributed by atoms with Crippen molar-refractivity contribution in [3.05, 3.63) is 0 Å². The first-order chi connectivity index (χ1) is 10.3. The molecule has 0 aliphatic heterocycles. The van der Waals surface area contributed by atoms with E-state index in [-0.39, 0.29) is 0 Å². The van der Waals surface area contributed by atoms with Crippen molar-refractivity contribution < 1.29 is 9.46 Å². The second-order valence-corrected chi connectivity index (χ2v) is 7.73. The van der Waals surface area contributed by atoms with Crippen LogP contribution in [0.1, 0.15) is 110 Å². The van der Waals surface area contributed by atoms with Crippen LogP contribution in [-0.4, -0.2) is 11.1 Å². The van der Waals surface area contributed by atoms with E-state index in [0.29, 0.717) is 6.16 Å². The first kappa shape index (κ1) is 21.2. The summed E-state index contributed by atoms with van der Waals surface area (Å²) < 4.78 is 10.5. The van der Waals surface area contributed by atoms with Gasteiger partial charge in [0, 0.05) is 6.16 Å². The number of hydrogen-bond donors (Lipinski definition) is 1. The fraction of sp³-hybridized carbons (Fsp3) is 1.00. The maximum atomic E-state index is 10.5. The van der Waals surface area contributed by atoms with E-state index < -0.39 is 8.03 Å². The largest absolute Gasteiger partial charge is 0.346 e. The van der Waals surface area contributed by atoms with Crippen molar-refractivity contribution in [2.75, 3.05) is 6.16 Å². The molecule has 0 aromatic rings. The molecule has 128 valence electrons. The van der Waals surface area contributed by atoms with E-state index in [2.05, 4.69) is 6.92 Å². The molecule has 2 nitrogen and oxygen atoms in total. The zero-order valence-electron chi connectivity index (χ0n) is 14.4. The van der Waals surface area contributed by atoms with Crippen LogP contribution < -0.4 is 0 Å². The summed E-state index contributed by atoms with van der Waals surface area (Å²) in [6.07, 6.45) is 22.1. The van der Waals surface area contributed by atoms with Gasteiger partial charge in [-0.05, 0) is 6.42 Å². The first-order valence-electron chi connectivity index (χ1n) is 9.49. The molecular weight excluding hydrogens is 279 g/mol. The number of hydrogen-bond acceptors (Lipinski definition) is 1. The van der Waals surface area contributed by atoms with Crippen molar-refractivity contribution in [2.45, 2.75) is 110 Å². The summed E-state index contributed by atoms with van der Waals surface area (Å²) >= 11 is 0. The minimum atomic E-state index is -2.20. The Bertz CT molecular complexity index is 219. The molecule has 1 atom stereocenters. The molecule has 21 heavy (non-hydrogen) atoms. The van der Waals surface area contributed by atoms with Crippen molar-refractivity contribution in [3.63, 3.8) is 0 Å². The Balaban J connectivity index is 2.95. The highest BCUT2D eigenvalue weighted by atomic mass is 31.1. The van der Waals surface area contributed by atoms with E-state index in [1.54, 1.807) is 0 Å². The molecule has 0 aromatic carbocycles. The SMILES string of the molecule is CCCCCCCCCCCCCCCCCC[PH](=O)O. The van der Waals surface area contributed by atoms with Crippen LogP contribution in [0.3, 0.4) is 0 Å². The predicted octanol–water partition coefficient (Wildman–Crippen LogP) is 6.71. The lowest BCUT2D eigenvalue weighted by Crippen LogP contribution is -1.84. The molecule has 0 bridgehead atoms. The summed E-state index contributed by atoms with van der Waals surface area (Å²) in [5, 5.41) is 0. The quantitative estimate of drug-likeness (QED) is 0.239. The van der Waals surface area contributed by atoms with Crippen LogP contribution in [0.15, 0.2) is 0 Å². The molecule has 0 fully saturated rings. The van der Waals surface area contributed by atoms with Crippen molar-refractivity contribution in [3.8, 4) is 0 Å². The third-order valence-electron chi connectivity index (χ3n) is 4.24. The van der Waals surface area contributed by atoms with Gasteiger partial charge in [-0.3, -0.25) is 4.57 Å². The average Bonchev–Trinajstić information content (AvgIpc) is 2.46. The van der Waals surface area contributed by atoms with E-state index in [1.807, 2.05) is 0 Å². The van der Waals surface area contributed by atoms with Crippen molar-refractivity contribution in [2.24, 2.45) is 0 Å². The van der Waals surface area contributed by atoms with Gasteiger partial charge in [-0.25, -0.2) is 0 Å². The van der Waals surface area contributed by atoms with E-state index in [1.165, 1.54) is 89.9 Å². The molecule has 0 amide bonds. The molecule has 0 heterocycles. The second-order valence-electron chi connectivity index (χ2n) is 6.45. The Hall–Kier alpha value is 0.190. The van der Waals surface area contributed by atoms with Gasteiger partial charge >= 0.3 is 0 Å². The van der Waals surface area contributed by atoms with Crippen molar-refractivity contribution in [1.29, 1.82) is 0 Å². The minimum Gasteiger partial charge on any atom is -0.346 e. The predicted molar refractivity (Wildman–Crippen MR) is 95.6 cm³/mol. The Kier molecular flexibility index (Phi) is 18.4. The fourth-order valence-corrected chi connectivity index (χ4v) is 3.38. The number of unbranched alkanes of at least 4 members (excludes halogenated alkanes) is 15. The zero-order chi connectivity index (χ0) is 15.6. The van der Waals surface area contributed by atoms with Crippen LogP contribution in [0.5, 0.6) is 0 Å². The molecule has 3 heteroatoms. The highest BCUT2D eigenvalue weighted by Gasteiger charge is 1.95. The monoisotopic (exact) mass is 318 g/mol. The molecule has 1 unspecified atom stereocenters. The second kappa shape index (κ2) is 18.2. The lowest BCUT2D eigenvalue weighted by molar-refractivity contribution is 0.497. The lowest BCUT2D eigenvalue weighted by atomic mass is 10.0. The molecule has 0 aliphatic rings. The van der Waals surface area contributed by atoms with Crippen molar-refractivity contribution >= 4 is 8.03 Å². The fourth-order valence-electron chi connectivity index (χ4n) is 2.82. The number of rotatable bonds is 17. The van der Waals surface area contributed by atoms with Crippen LogP contribution in [-0.2, 0) is 4.57 Å². The van der Waals surface area contributed by atoms with Crippen LogP contribution in [0, 0.1) is 0 Å². The van der Waals surface area contributed by atoms with Gasteiger partial charge in [-0.15, -0.1) is 0 Å². The van der Waals surface area contributed by atoms with Gasteiger partial charge < -0.3 is 4.89 Å². The van der Waals surface area contributed by atoms with Crippen LogP contribution in [0.25, 0.3) is 0 Å². The van der Waals surface area contributed by atoms with Crippen molar-refractivity contribution in [1.82, 2.24) is 0 Å². The van der Waals surface area contributed by atoms with Crippen LogP contribution >= 0.6 is 8.03 Å². The lowest BCUT2D eigenvalue weighted by Gasteiger charge is -2.03. The van der Waals surface area contributed by atoms with E-state index in [0.717, 1.165) is 12.8 Å². The minimum absolute atomic E-state index is 0.531. The van der Waals surface area contributed by atoms with Gasteiger partial charge in [-0.1, -0.05) is 103 Å². The summed E-state index contributed by atoms with van der Waals surface area (Å²) in [4.78, 5) is 8.71. The summed E-state index contributed by atoms with van der Waals surface area (Å²) in [5.41, 5.74) is 0. The molecule has 0 aliphatic carbocycles. The topological polar surface area (TPSA) is 37.3 Å². The van der Waals surface area contributed by atoms with Gasteiger partial charge in [-0.2, -0.15) is 0 Å². The van der Waals surface area contributed by atoms with Gasteiger partial charge in [0.2, 0.25) is 0 Å². The van der Waals surface area contributed by atoms with Gasteiger partial charge in [0.05, 0.1) is 0 Å². The Morgan fingerprint density at radius 3 is 1.14 bits per heavy atom. The molecule has 0 saturated carbocycles. The Labute approximate surface area is 134 Å². The van der Waals surface area contributed by atoms with Crippen LogP contribution in [0.2, 0.25) is 0 Å². The molecule has 0 spiro atoms. The molecule has 0 aromatic heterocycles. The third kappa shape index (κ3) is 20.2. The van der Waals surface area contributed by atoms with Gasteiger partial charge in [0.25, 0.3) is 0 Å². The van der Waals surface area contributed by atoms with E-state index in [9.17, 15) is 4.57 Å². The van der Waals surface area contributed by atoms with Crippen LogP contribution in [0.4, 0.5) is 0 Å². The van der Waals surface area contributed by atoms with Gasteiger partial charge in [0.15, 0.2) is 8.03 Å². The zero-order valence-corrected chi connectivity index (χ0v) is 15.4. The molecule has 0 radical (unpaired) electrons. The normalized spacial score (nSPS) is 12.7. The smallest absolute Gasteiger partial charge is 0.189 e. The highest BCUT2D eigenvalue weighted by molar-refractivity contribution is 7.37. The first-order valence-corrected chi connectivity index (χ1v) is 11.1.